The summed E-state index contributed by atoms with van der Waals surface area (Å²) < 4.78 is 0. The first-order valence-electron chi connectivity index (χ1n) is 10.5. The number of anilines is 1. The largest absolute Gasteiger partial charge is 1.00 e. The number of hydroxylamine groups is 1. The van der Waals surface area contributed by atoms with Crippen LogP contribution < -0.4 is 39.8 Å². The van der Waals surface area contributed by atoms with Crippen molar-refractivity contribution in [1.29, 1.82) is 0 Å². The molecule has 4 atom stereocenters. The van der Waals surface area contributed by atoms with Crippen LogP contribution in [0.25, 0.3) is 5.48 Å². The van der Waals surface area contributed by atoms with E-state index in [1.54, 1.807) is 31.6 Å². The van der Waals surface area contributed by atoms with Gasteiger partial charge < -0.3 is 20.9 Å². The van der Waals surface area contributed by atoms with Crippen molar-refractivity contribution in [3.05, 3.63) is 72.8 Å². The monoisotopic (exact) mass is 447 g/mol. The number of pyridine rings is 1. The van der Waals surface area contributed by atoms with E-state index in [2.05, 4.69) is 22.7 Å². The van der Waals surface area contributed by atoms with E-state index in [0.717, 1.165) is 5.56 Å². The molecular weight excluding hydrogens is 415 g/mol. The Morgan fingerprint density at radius 3 is 2.44 bits per heavy atom. The molecule has 0 aliphatic rings. The number of carbonyl (C=O) groups is 2. The van der Waals surface area contributed by atoms with Gasteiger partial charge in [-0.1, -0.05) is 57.0 Å². The molecule has 2 amide bonds. The Kier molecular flexibility index (Phi) is 12.7. The summed E-state index contributed by atoms with van der Waals surface area (Å²) in [5, 5.41) is 11.9. The molecule has 1 aromatic carbocycles. The molecule has 0 aliphatic heterocycles. The molecule has 2 rings (SSSR count). The first kappa shape index (κ1) is 28.3. The number of nitrogens with one attached hydrogen (secondary N) is 1. The van der Waals surface area contributed by atoms with Crippen LogP contribution in [-0.2, 0) is 16.0 Å². The van der Waals surface area contributed by atoms with E-state index in [4.69, 9.17) is 5.21 Å². The van der Waals surface area contributed by atoms with Crippen molar-refractivity contribution in [2.45, 2.75) is 32.7 Å². The number of carbonyl (C=O) groups excluding carboxylic acids is 2. The molecule has 0 spiro atoms. The first-order chi connectivity index (χ1) is 14.8. The molecule has 0 bridgehead atoms. The molecular formula is C24H32N4NaO3. The molecule has 0 saturated heterocycles. The summed E-state index contributed by atoms with van der Waals surface area (Å²) in [4.78, 5) is 32.1. The summed E-state index contributed by atoms with van der Waals surface area (Å²) in [6, 6.07) is 12.4. The third-order valence-corrected chi connectivity index (χ3v) is 5.31. The summed E-state index contributed by atoms with van der Waals surface area (Å²) in [7, 11) is 1.67. The molecule has 8 heteroatoms. The molecule has 32 heavy (non-hydrogen) atoms. The fourth-order valence-corrected chi connectivity index (χ4v) is 3.53. The van der Waals surface area contributed by atoms with Crippen molar-refractivity contribution < 1.29 is 44.4 Å². The Bertz CT molecular complexity index is 821. The number of aromatic nitrogens is 1. The Labute approximate surface area is 213 Å². The van der Waals surface area contributed by atoms with Gasteiger partial charge in [0.2, 0.25) is 11.8 Å². The van der Waals surface area contributed by atoms with Crippen LogP contribution in [0, 0.1) is 24.7 Å². The minimum atomic E-state index is -0.749. The Morgan fingerprint density at radius 1 is 1.19 bits per heavy atom. The minimum absolute atomic E-state index is 0. The molecule has 1 radical (unpaired) electrons. The average Bonchev–Trinajstić information content (AvgIpc) is 2.77. The average molecular weight is 448 g/mol. The van der Waals surface area contributed by atoms with Crippen LogP contribution >= 0.6 is 0 Å². The van der Waals surface area contributed by atoms with Gasteiger partial charge in [-0.15, -0.1) is 6.54 Å². The zero-order chi connectivity index (χ0) is 22.8. The zero-order valence-electron chi connectivity index (χ0n) is 19.4. The van der Waals surface area contributed by atoms with Gasteiger partial charge in [-0.2, -0.15) is 0 Å². The summed E-state index contributed by atoms with van der Waals surface area (Å²) in [6.45, 7) is 7.95. The van der Waals surface area contributed by atoms with Crippen molar-refractivity contribution >= 4 is 17.5 Å². The van der Waals surface area contributed by atoms with Gasteiger partial charge in [0.25, 0.3) is 0 Å². The van der Waals surface area contributed by atoms with Gasteiger partial charge in [-0.25, -0.2) is 0 Å². The standard InChI is InChI=1S/C24H32N4O3.Na/c1-17(2)13-21(18(3)15-26-31)23(29)27-22(14-19-9-6-5-7-10-19)24(30)28(4)20-11-8-12-25-16-20;/h5-12,16-18,21-22,31H,1,13-15H2,2-4H3,(H,27,29);/q-1;+1/t17?,18-,21-,22+;/m1./s1. The molecule has 167 valence electrons. The van der Waals surface area contributed by atoms with E-state index in [0.29, 0.717) is 18.5 Å². The van der Waals surface area contributed by atoms with Crippen LogP contribution in [0.1, 0.15) is 25.8 Å². The van der Waals surface area contributed by atoms with E-state index in [1.165, 1.54) is 4.90 Å². The van der Waals surface area contributed by atoms with Crippen molar-refractivity contribution in [3.8, 4) is 0 Å². The summed E-state index contributed by atoms with van der Waals surface area (Å²) in [6.07, 6.45) is 4.15. The topological polar surface area (TPSA) is 96.6 Å². The first-order valence-corrected chi connectivity index (χ1v) is 10.5. The van der Waals surface area contributed by atoms with Crippen molar-refractivity contribution in [2.75, 3.05) is 18.5 Å². The molecule has 0 aliphatic carbocycles. The molecule has 2 N–H and O–H groups in total. The maximum atomic E-state index is 13.3. The van der Waals surface area contributed by atoms with E-state index in [-0.39, 0.29) is 59.8 Å². The quantitative estimate of drug-likeness (QED) is 0.391. The maximum absolute atomic E-state index is 13.3. The second-order valence-electron chi connectivity index (χ2n) is 8.11. The van der Waals surface area contributed by atoms with E-state index in [9.17, 15) is 9.59 Å². The second-order valence-corrected chi connectivity index (χ2v) is 8.11. The van der Waals surface area contributed by atoms with Crippen LogP contribution in [-0.4, -0.2) is 41.6 Å². The van der Waals surface area contributed by atoms with E-state index < -0.39 is 12.0 Å². The molecule has 0 saturated carbocycles. The molecule has 1 aromatic heterocycles. The number of amides is 2. The summed E-state index contributed by atoms with van der Waals surface area (Å²) in [5.74, 6) is -1.03. The number of hydrogen-bond acceptors (Lipinski definition) is 4. The number of nitrogens with zero attached hydrogens (tertiary/aromatic N) is 3. The summed E-state index contributed by atoms with van der Waals surface area (Å²) >= 11 is 0. The Balaban J connectivity index is 0.00000512. The van der Waals surface area contributed by atoms with Gasteiger partial charge in [-0.3, -0.25) is 14.6 Å². The third-order valence-electron chi connectivity index (χ3n) is 5.31. The smallest absolute Gasteiger partial charge is 0.537 e. The number of hydrogen-bond donors (Lipinski definition) is 2. The van der Waals surface area contributed by atoms with Crippen LogP contribution in [0.5, 0.6) is 0 Å². The number of benzene rings is 1. The van der Waals surface area contributed by atoms with Gasteiger partial charge in [0.1, 0.15) is 6.04 Å². The number of rotatable bonds is 11. The van der Waals surface area contributed by atoms with Crippen molar-refractivity contribution in [3.63, 3.8) is 0 Å². The number of likely N-dealkylation sites (N-methyl/N-ethyl adjacent to an activating group) is 1. The second kappa shape index (κ2) is 14.4. The van der Waals surface area contributed by atoms with Crippen molar-refractivity contribution in [1.82, 2.24) is 10.3 Å². The van der Waals surface area contributed by atoms with Crippen molar-refractivity contribution in [2.24, 2.45) is 17.8 Å². The minimum Gasteiger partial charge on any atom is -0.537 e. The molecule has 2 aromatic rings. The maximum Gasteiger partial charge on any atom is 1.00 e. The van der Waals surface area contributed by atoms with Gasteiger partial charge >= 0.3 is 29.6 Å². The summed E-state index contributed by atoms with van der Waals surface area (Å²) in [5.41, 5.74) is 4.81. The van der Waals surface area contributed by atoms with E-state index >= 15 is 0 Å². The fraction of sp³-hybridized carbons (Fsp3) is 0.417. The van der Waals surface area contributed by atoms with E-state index in [1.807, 2.05) is 44.2 Å². The fourth-order valence-electron chi connectivity index (χ4n) is 3.53. The van der Waals surface area contributed by atoms with Gasteiger partial charge in [0.15, 0.2) is 0 Å². The Hall–Kier alpha value is -1.77. The normalized spacial score (nSPS) is 13.6. The zero-order valence-corrected chi connectivity index (χ0v) is 21.4. The van der Waals surface area contributed by atoms with Gasteiger partial charge in [0.05, 0.1) is 11.9 Å². The molecule has 1 heterocycles. The Morgan fingerprint density at radius 2 is 1.88 bits per heavy atom. The third kappa shape index (κ3) is 8.64. The molecule has 1 unspecified atom stereocenters. The molecule has 0 fully saturated rings. The van der Waals surface area contributed by atoms with Gasteiger partial charge in [-0.05, 0) is 30.0 Å². The van der Waals surface area contributed by atoms with Crippen LogP contribution in [0.4, 0.5) is 5.69 Å². The van der Waals surface area contributed by atoms with Crippen LogP contribution in [0.3, 0.4) is 0 Å². The van der Waals surface area contributed by atoms with Crippen LogP contribution in [0.15, 0.2) is 54.9 Å². The predicted octanol–water partition coefficient (Wildman–Crippen LogP) is 0.651. The predicted molar refractivity (Wildman–Crippen MR) is 122 cm³/mol. The SMILES string of the molecule is [CH2]C(C)C[C@@H](C(=O)N[C@@H](Cc1ccccc1)C(=O)N(C)c1cccnc1)[C@H](C)C[N-]O.[Na+]. The van der Waals surface area contributed by atoms with Gasteiger partial charge in [0, 0.05) is 25.6 Å². The van der Waals surface area contributed by atoms with Crippen LogP contribution in [0.2, 0.25) is 0 Å². The molecule has 7 nitrogen and oxygen atoms in total.